The maximum absolute atomic E-state index is 10.4. The molecule has 0 aromatic carbocycles. The highest BCUT2D eigenvalue weighted by molar-refractivity contribution is 5.54. The molecule has 64 valence electrons. The van der Waals surface area contributed by atoms with E-state index >= 15 is 0 Å². The minimum absolute atomic E-state index is 0.257. The van der Waals surface area contributed by atoms with Gasteiger partial charge < -0.3 is 15.0 Å². The fourth-order valence-electron chi connectivity index (χ4n) is 1.46. The Morgan fingerprint density at radius 2 is 1.73 bits per heavy atom. The van der Waals surface area contributed by atoms with Crippen LogP contribution in [0.2, 0.25) is 0 Å². The van der Waals surface area contributed by atoms with E-state index in [0.717, 1.165) is 6.29 Å². The third-order valence-corrected chi connectivity index (χ3v) is 2.30. The molecule has 11 heavy (non-hydrogen) atoms. The molecule has 0 saturated heterocycles. The molecule has 3 unspecified atom stereocenters. The first-order chi connectivity index (χ1) is 5.24. The molecule has 3 heteroatoms. The van der Waals surface area contributed by atoms with Crippen molar-refractivity contribution >= 4 is 6.29 Å². The average Bonchev–Trinajstić information content (AvgIpc) is 2.15. The van der Waals surface area contributed by atoms with E-state index in [1.165, 1.54) is 0 Å². The molecule has 1 aliphatic rings. The Kier molecular flexibility index (Phi) is 3.02. The van der Waals surface area contributed by atoms with Crippen LogP contribution in [0.1, 0.15) is 25.7 Å². The predicted octanol–water partition coefficient (Wildman–Crippen LogP) is 0.0973. The van der Waals surface area contributed by atoms with Crippen LogP contribution in [0.3, 0.4) is 0 Å². The van der Waals surface area contributed by atoms with Crippen molar-refractivity contribution < 1.29 is 15.0 Å². The van der Waals surface area contributed by atoms with Gasteiger partial charge in [0.05, 0.1) is 12.2 Å². The summed E-state index contributed by atoms with van der Waals surface area (Å²) in [5, 5.41) is 18.5. The van der Waals surface area contributed by atoms with Crippen molar-refractivity contribution in [1.29, 1.82) is 0 Å². The number of rotatable bonds is 1. The Morgan fingerprint density at radius 3 is 2.36 bits per heavy atom. The van der Waals surface area contributed by atoms with E-state index < -0.39 is 6.10 Å². The van der Waals surface area contributed by atoms with E-state index in [0.29, 0.717) is 25.7 Å². The van der Waals surface area contributed by atoms with Crippen LogP contribution in [0, 0.1) is 5.92 Å². The fourth-order valence-corrected chi connectivity index (χ4v) is 1.46. The number of hydrogen-bond donors (Lipinski definition) is 2. The lowest BCUT2D eigenvalue weighted by Gasteiger charge is -2.11. The zero-order chi connectivity index (χ0) is 8.27. The van der Waals surface area contributed by atoms with E-state index in [4.69, 9.17) is 0 Å². The van der Waals surface area contributed by atoms with Crippen LogP contribution in [0.25, 0.3) is 0 Å². The first kappa shape index (κ1) is 8.68. The largest absolute Gasteiger partial charge is 0.393 e. The van der Waals surface area contributed by atoms with Crippen LogP contribution in [0.4, 0.5) is 0 Å². The summed E-state index contributed by atoms with van der Waals surface area (Å²) in [5.74, 6) is -0.257. The van der Waals surface area contributed by atoms with E-state index in [1.54, 1.807) is 0 Å². The highest BCUT2D eigenvalue weighted by atomic mass is 16.3. The molecule has 0 spiro atoms. The number of aliphatic hydroxyl groups is 2. The SMILES string of the molecule is O=CC1CCC(O)CCC1O. The lowest BCUT2D eigenvalue weighted by molar-refractivity contribution is -0.114. The second-order valence-electron chi connectivity index (χ2n) is 3.18. The lowest BCUT2D eigenvalue weighted by atomic mass is 9.99. The van der Waals surface area contributed by atoms with Gasteiger partial charge in [-0.3, -0.25) is 0 Å². The molecular weight excluding hydrogens is 144 g/mol. The number of carbonyl (C=O) groups is 1. The first-order valence-corrected chi connectivity index (χ1v) is 4.05. The van der Waals surface area contributed by atoms with Crippen molar-refractivity contribution in [3.05, 3.63) is 0 Å². The Hall–Kier alpha value is -0.410. The summed E-state index contributed by atoms with van der Waals surface area (Å²) < 4.78 is 0. The highest BCUT2D eigenvalue weighted by Crippen LogP contribution is 2.21. The second kappa shape index (κ2) is 3.83. The van der Waals surface area contributed by atoms with Crippen molar-refractivity contribution in [3.63, 3.8) is 0 Å². The third kappa shape index (κ3) is 2.27. The van der Waals surface area contributed by atoms with Gasteiger partial charge in [-0.1, -0.05) is 0 Å². The molecule has 0 amide bonds. The molecule has 0 aromatic rings. The van der Waals surface area contributed by atoms with Gasteiger partial charge in [0.1, 0.15) is 6.29 Å². The van der Waals surface area contributed by atoms with Crippen molar-refractivity contribution in [2.45, 2.75) is 37.9 Å². The number of aldehydes is 1. The topological polar surface area (TPSA) is 57.5 Å². The van der Waals surface area contributed by atoms with Gasteiger partial charge in [-0.05, 0) is 25.7 Å². The van der Waals surface area contributed by atoms with Gasteiger partial charge in [-0.15, -0.1) is 0 Å². The molecule has 0 radical (unpaired) electrons. The standard InChI is InChI=1S/C8H14O3/c9-5-6-1-2-7(10)3-4-8(6)11/h5-8,10-11H,1-4H2. The first-order valence-electron chi connectivity index (χ1n) is 4.05. The van der Waals surface area contributed by atoms with Gasteiger partial charge in [0.25, 0.3) is 0 Å². The van der Waals surface area contributed by atoms with Crippen molar-refractivity contribution in [2.24, 2.45) is 5.92 Å². The van der Waals surface area contributed by atoms with Gasteiger partial charge >= 0.3 is 0 Å². The summed E-state index contributed by atoms with van der Waals surface area (Å²) in [5.41, 5.74) is 0. The molecule has 0 heterocycles. The maximum Gasteiger partial charge on any atom is 0.125 e. The Balaban J connectivity index is 2.47. The zero-order valence-electron chi connectivity index (χ0n) is 6.44. The molecule has 1 saturated carbocycles. The fraction of sp³-hybridized carbons (Fsp3) is 0.875. The van der Waals surface area contributed by atoms with Gasteiger partial charge in [0.15, 0.2) is 0 Å². The Labute approximate surface area is 66.0 Å². The van der Waals surface area contributed by atoms with Gasteiger partial charge in [0, 0.05) is 5.92 Å². The van der Waals surface area contributed by atoms with Crippen molar-refractivity contribution in [2.75, 3.05) is 0 Å². The van der Waals surface area contributed by atoms with Crippen molar-refractivity contribution in [1.82, 2.24) is 0 Å². The molecular formula is C8H14O3. The summed E-state index contributed by atoms with van der Waals surface area (Å²) in [7, 11) is 0. The van der Waals surface area contributed by atoms with Crippen LogP contribution in [0.15, 0.2) is 0 Å². The second-order valence-corrected chi connectivity index (χ2v) is 3.18. The predicted molar refractivity (Wildman–Crippen MR) is 40.0 cm³/mol. The summed E-state index contributed by atoms with van der Waals surface area (Å²) in [6.07, 6.45) is 2.35. The zero-order valence-corrected chi connectivity index (χ0v) is 6.44. The minimum Gasteiger partial charge on any atom is -0.393 e. The summed E-state index contributed by atoms with van der Waals surface area (Å²) in [4.78, 5) is 10.4. The number of hydrogen-bond acceptors (Lipinski definition) is 3. The van der Waals surface area contributed by atoms with E-state index in [1.807, 2.05) is 0 Å². The minimum atomic E-state index is -0.537. The molecule has 0 bridgehead atoms. The summed E-state index contributed by atoms with van der Waals surface area (Å²) in [6.45, 7) is 0. The van der Waals surface area contributed by atoms with Crippen LogP contribution in [-0.2, 0) is 4.79 Å². The molecule has 1 fully saturated rings. The van der Waals surface area contributed by atoms with Gasteiger partial charge in [-0.25, -0.2) is 0 Å². The molecule has 0 aliphatic heterocycles. The normalized spacial score (nSPS) is 39.6. The molecule has 1 aliphatic carbocycles. The van der Waals surface area contributed by atoms with Crippen LogP contribution >= 0.6 is 0 Å². The summed E-state index contributed by atoms with van der Waals surface area (Å²) >= 11 is 0. The van der Waals surface area contributed by atoms with Gasteiger partial charge in [-0.2, -0.15) is 0 Å². The van der Waals surface area contributed by atoms with Crippen LogP contribution < -0.4 is 0 Å². The quantitative estimate of drug-likeness (QED) is 0.420. The van der Waals surface area contributed by atoms with E-state index in [9.17, 15) is 15.0 Å². The third-order valence-electron chi connectivity index (χ3n) is 2.30. The smallest absolute Gasteiger partial charge is 0.125 e. The lowest BCUT2D eigenvalue weighted by Crippen LogP contribution is -2.19. The monoisotopic (exact) mass is 158 g/mol. The maximum atomic E-state index is 10.4. The Morgan fingerprint density at radius 1 is 1.09 bits per heavy atom. The molecule has 1 rings (SSSR count). The van der Waals surface area contributed by atoms with E-state index in [2.05, 4.69) is 0 Å². The summed E-state index contributed by atoms with van der Waals surface area (Å²) in [6, 6.07) is 0. The van der Waals surface area contributed by atoms with Crippen molar-refractivity contribution in [3.8, 4) is 0 Å². The molecule has 0 aromatic heterocycles. The Bertz CT molecular complexity index is 135. The van der Waals surface area contributed by atoms with Crippen LogP contribution in [-0.4, -0.2) is 28.7 Å². The van der Waals surface area contributed by atoms with E-state index in [-0.39, 0.29) is 12.0 Å². The highest BCUT2D eigenvalue weighted by Gasteiger charge is 2.24. The van der Waals surface area contributed by atoms with Gasteiger partial charge in [0.2, 0.25) is 0 Å². The number of aliphatic hydroxyl groups excluding tert-OH is 2. The molecule has 3 nitrogen and oxygen atoms in total. The van der Waals surface area contributed by atoms with Crippen LogP contribution in [0.5, 0.6) is 0 Å². The number of carbonyl (C=O) groups excluding carboxylic acids is 1. The molecule has 3 atom stereocenters. The molecule has 2 N–H and O–H groups in total. The average molecular weight is 158 g/mol.